The number of nitrogens with zero attached hydrogens (tertiary/aromatic N) is 7. The molecule has 13 N–H and O–H groups in total. The van der Waals surface area contributed by atoms with Gasteiger partial charge in [-0.25, -0.2) is 12.6 Å². The molecule has 7 aromatic carbocycles. The fourth-order valence-electron chi connectivity index (χ4n) is 8.25. The van der Waals surface area contributed by atoms with Crippen molar-refractivity contribution in [2.75, 3.05) is 23.0 Å². The van der Waals surface area contributed by atoms with E-state index in [0.717, 1.165) is 0 Å². The van der Waals surface area contributed by atoms with Gasteiger partial charge < -0.3 is 20.8 Å². The summed E-state index contributed by atoms with van der Waals surface area (Å²) in [6, 6.07) is 5.34. The van der Waals surface area contributed by atoms with E-state index >= 15 is 0 Å². The van der Waals surface area contributed by atoms with E-state index in [1.165, 1.54) is 0 Å². The maximum absolute atomic E-state index is 12.9. The lowest BCUT2D eigenvalue weighted by molar-refractivity contribution is 0.283. The van der Waals surface area contributed by atoms with Crippen LogP contribution >= 0.6 is 11.6 Å². The van der Waals surface area contributed by atoms with Gasteiger partial charge in [-0.2, -0.15) is 95.8 Å². The minimum Gasteiger partial charge on any atom is -0.505 e. The number of anilines is 4. The molecule has 93 heavy (non-hydrogen) atoms. The Balaban J connectivity index is 1.29. The van der Waals surface area contributed by atoms with Crippen molar-refractivity contribution in [2.45, 2.75) is 44.1 Å². The first-order chi connectivity index (χ1) is 42.2. The number of aromatic nitrogens is 3. The number of hydrogen-bond acceptors (Lipinski definition) is 32. The van der Waals surface area contributed by atoms with E-state index in [4.69, 9.17) is 16.2 Å². The summed E-state index contributed by atoms with van der Waals surface area (Å²) in [5, 5.41) is 36.1. The summed E-state index contributed by atoms with van der Waals surface area (Å²) >= 11 is 6.21. The minimum absolute atomic E-state index is 0.135. The van der Waals surface area contributed by atoms with Crippen molar-refractivity contribution < 1.29 is 140 Å². The fraction of sp³-hybridized carbons (Fsp3) is 0.0488. The Kier molecular flexibility index (Phi) is 18.4. The number of nitrogens with one attached hydrogen (secondary N) is 2. The van der Waals surface area contributed by atoms with Gasteiger partial charge in [0, 0.05) is 21.5 Å². The highest BCUT2D eigenvalue weighted by molar-refractivity contribution is 7.91. The quantitative estimate of drug-likeness (QED) is 0.0352. The molecule has 1 aromatic heterocycles. The third-order valence-corrected chi connectivity index (χ3v) is 21.2. The second kappa shape index (κ2) is 24.2. The van der Waals surface area contributed by atoms with E-state index in [1.54, 1.807) is 0 Å². The smallest absolute Gasteiger partial charge is 0.397 e. The second-order valence-electron chi connectivity index (χ2n) is 18.1. The van der Waals surface area contributed by atoms with E-state index in [2.05, 4.69) is 50.2 Å². The average Bonchev–Trinajstić information content (AvgIpc) is 0.761. The SMILES string of the molecule is O=S(=O)(O)OCCS(=O)(=O)c1ccc(N=Nc2c(S(=O)(=O)O)cc3cc(S(=O)(=O)O)cc(Nc4nc(Cl)nc(Nc5cc(S(=O)(=O)O)cc6cc(S(=O)(=O)O)c(N=Nc7cc(S(=O)(=O)O)c8cc(S(=O)(=O)O)cc(S(=O)(=O)O)c8c7)c(O)c56)n4)c3c2O)c(S(=O)(=O)O)c1. The molecule has 0 bridgehead atoms. The molecule has 0 spiro atoms. The number of hydrogen-bond donors (Lipinski definition) is 13. The monoisotopic (exact) mass is 1510 g/mol. The van der Waals surface area contributed by atoms with Gasteiger partial charge in [-0.1, -0.05) is 0 Å². The van der Waals surface area contributed by atoms with Gasteiger partial charge in [-0.15, -0.1) is 15.3 Å². The molecule has 498 valence electrons. The van der Waals surface area contributed by atoms with Gasteiger partial charge >= 0.3 is 10.4 Å². The molecule has 0 saturated carbocycles. The van der Waals surface area contributed by atoms with E-state index in [9.17, 15) is 131 Å². The maximum Gasteiger partial charge on any atom is 0.397 e. The molecule has 0 unspecified atom stereocenters. The van der Waals surface area contributed by atoms with E-state index < -0.39 is 253 Å². The molecule has 0 radical (unpaired) electrons. The Morgan fingerprint density at radius 2 is 0.806 bits per heavy atom. The third-order valence-electron chi connectivity index (χ3n) is 12.0. The summed E-state index contributed by atoms with van der Waals surface area (Å²) in [4.78, 5) is -0.449. The van der Waals surface area contributed by atoms with E-state index in [0.29, 0.717) is 66.7 Å². The molecule has 0 fully saturated rings. The van der Waals surface area contributed by atoms with E-state index in [-0.39, 0.29) is 12.1 Å². The lowest BCUT2D eigenvalue weighted by Crippen LogP contribution is -2.16. The van der Waals surface area contributed by atoms with Crippen LogP contribution in [0.25, 0.3) is 32.3 Å². The highest BCUT2D eigenvalue weighted by Crippen LogP contribution is 2.48. The highest BCUT2D eigenvalue weighted by Gasteiger charge is 2.31. The van der Waals surface area contributed by atoms with Gasteiger partial charge in [-0.3, -0.25) is 41.0 Å². The molecule has 0 saturated heterocycles. The molecule has 0 aliphatic carbocycles. The van der Waals surface area contributed by atoms with Crippen molar-refractivity contribution in [3.63, 3.8) is 0 Å². The van der Waals surface area contributed by atoms with Crippen molar-refractivity contribution >= 4 is 191 Å². The number of phenols is 2. The summed E-state index contributed by atoms with van der Waals surface area (Å²) in [7, 11) is -54.5. The normalized spacial score (nSPS) is 13.6. The molecular formula is C41H30ClN9O32S10. The Labute approximate surface area is 525 Å². The molecule has 41 nitrogen and oxygen atoms in total. The third kappa shape index (κ3) is 15.9. The van der Waals surface area contributed by atoms with Crippen molar-refractivity contribution in [1.82, 2.24) is 15.0 Å². The minimum atomic E-state index is -5.73. The zero-order chi connectivity index (χ0) is 69.7. The van der Waals surface area contributed by atoms with Crippen LogP contribution in [0, 0.1) is 0 Å². The number of sulfone groups is 1. The molecule has 8 rings (SSSR count). The Bertz CT molecular complexity index is 5930. The Hall–Kier alpha value is -7.88. The first-order valence-electron chi connectivity index (χ1n) is 23.1. The lowest BCUT2D eigenvalue weighted by atomic mass is 10.1. The number of fused-ring (bicyclic) bond motifs is 3. The largest absolute Gasteiger partial charge is 0.505 e. The summed E-state index contributed by atoms with van der Waals surface area (Å²) < 4.78 is 342. The molecule has 52 heteroatoms. The predicted molar refractivity (Wildman–Crippen MR) is 309 cm³/mol. The van der Waals surface area contributed by atoms with Gasteiger partial charge in [0.2, 0.25) is 17.2 Å². The topological polar surface area (TPSA) is 685 Å². The zero-order valence-corrected chi connectivity index (χ0v) is 52.9. The number of phenolic OH excluding ortho intramolecular Hbond substituents is 2. The summed E-state index contributed by atoms with van der Waals surface area (Å²) in [5.74, 6) is -6.10. The standard InChI is InChI=1S/C41H30ClN9O32S10/c42-39-45-40(43-26-12-20(85(56,57)58)5-16-7-31(91(74,75)76)35(37(52)33(16)26)50-48-18-9-23-24(28(10-18)88(65,66)67)11-22(87(62,63)64)15-29(23)89(68,69)70)47-41(46-39)44-27-13-21(86(59,60)61)6-17-8-32(92(77,78)79)36(38(53)34(17)27)51-49-25-2-1-19(14-30(25)90(71,72)73)84(54,55)4-3-83-93(80,81)82/h1-2,5-15,52-53H,3-4H2,(H,56,57,58)(H,59,60,61)(H,62,63,64)(H,65,66,67)(H,68,69,70)(H,71,72,73)(H,74,75,76)(H,77,78,79)(H,80,81,82)(H2,43,44,45,46,47). The van der Waals surface area contributed by atoms with Crippen LogP contribution in [-0.2, 0) is 105 Å². The number of aromatic hydroxyl groups is 2. The molecular weight excluding hydrogens is 1490 g/mol. The summed E-state index contributed by atoms with van der Waals surface area (Å²) in [6.07, 6.45) is 0. The number of halogens is 1. The lowest BCUT2D eigenvalue weighted by Gasteiger charge is -2.16. The Morgan fingerprint density at radius 3 is 1.23 bits per heavy atom. The van der Waals surface area contributed by atoms with Crippen molar-refractivity contribution in [1.29, 1.82) is 0 Å². The van der Waals surface area contributed by atoms with Gasteiger partial charge in [0.05, 0.1) is 49.0 Å². The average molecular weight is 1520 g/mol. The molecule has 1 heterocycles. The Morgan fingerprint density at radius 1 is 0.409 bits per heavy atom. The molecule has 0 aliphatic rings. The van der Waals surface area contributed by atoms with Crippen molar-refractivity contribution in [2.24, 2.45) is 20.5 Å². The van der Waals surface area contributed by atoms with Crippen LogP contribution in [0.5, 0.6) is 11.5 Å². The highest BCUT2D eigenvalue weighted by atomic mass is 35.5. The van der Waals surface area contributed by atoms with Crippen LogP contribution in [-0.4, -0.2) is 163 Å². The molecule has 0 amide bonds. The molecule has 0 aliphatic heterocycles. The number of rotatable bonds is 21. The van der Waals surface area contributed by atoms with E-state index in [1.807, 2.05) is 0 Å². The van der Waals surface area contributed by atoms with Crippen molar-refractivity contribution in [3.8, 4) is 11.5 Å². The van der Waals surface area contributed by atoms with Gasteiger partial charge in [0.1, 0.15) is 41.5 Å². The number of benzene rings is 7. The molecule has 0 atom stereocenters. The zero-order valence-electron chi connectivity index (χ0n) is 44.0. The number of azo groups is 2. The molecule has 8 aromatic rings. The van der Waals surface area contributed by atoms with Crippen LogP contribution in [0.2, 0.25) is 5.28 Å². The van der Waals surface area contributed by atoms with Gasteiger partial charge in [0.15, 0.2) is 21.3 Å². The van der Waals surface area contributed by atoms with Crippen LogP contribution in [0.3, 0.4) is 0 Å². The predicted octanol–water partition coefficient (Wildman–Crippen LogP) is 4.28. The van der Waals surface area contributed by atoms with Crippen LogP contribution in [0.15, 0.2) is 143 Å². The maximum atomic E-state index is 12.9. The van der Waals surface area contributed by atoms with Gasteiger partial charge in [0.25, 0.3) is 80.9 Å². The van der Waals surface area contributed by atoms with Crippen LogP contribution in [0.1, 0.15) is 0 Å². The first-order valence-corrected chi connectivity index (χ1v) is 38.0. The second-order valence-corrected chi connectivity index (χ2v) is 32.9. The van der Waals surface area contributed by atoms with Crippen LogP contribution in [0.4, 0.5) is 46.0 Å². The fourth-order valence-corrected chi connectivity index (χ4v) is 15.1. The van der Waals surface area contributed by atoms with Crippen molar-refractivity contribution in [3.05, 3.63) is 84.1 Å². The first kappa shape index (κ1) is 71.0. The summed E-state index contributed by atoms with van der Waals surface area (Å²) in [6.45, 7) is -1.22. The van der Waals surface area contributed by atoms with Crippen LogP contribution < -0.4 is 10.6 Å². The van der Waals surface area contributed by atoms with Gasteiger partial charge in [-0.05, 0) is 101 Å². The summed E-state index contributed by atoms with van der Waals surface area (Å²) in [5.41, 5.74) is -6.51.